The zero-order chi connectivity index (χ0) is 18.9. The number of nitrogens with zero attached hydrogens (tertiary/aromatic N) is 1. The van der Waals surface area contributed by atoms with Crippen molar-refractivity contribution in [3.8, 4) is 28.3 Å². The number of ether oxygens (including phenoxy) is 1. The monoisotopic (exact) mass is 367 g/mol. The van der Waals surface area contributed by atoms with Crippen LogP contribution in [-0.2, 0) is 6.42 Å². The molecule has 0 radical (unpaired) electrons. The summed E-state index contributed by atoms with van der Waals surface area (Å²) in [6.45, 7) is 0. The third kappa shape index (κ3) is 2.95. The van der Waals surface area contributed by atoms with Crippen molar-refractivity contribution in [2.24, 2.45) is 0 Å². The Labute approximate surface area is 163 Å². The van der Waals surface area contributed by atoms with Crippen LogP contribution in [0.5, 0.6) is 5.88 Å². The van der Waals surface area contributed by atoms with Gasteiger partial charge in [0.2, 0.25) is 5.88 Å². The SMILES string of the molecule is Fc1ccccc1-c1cc(-c2ccccc2)c2c(n1)OC(c1ccccc1)C2. The summed E-state index contributed by atoms with van der Waals surface area (Å²) in [6.07, 6.45) is 0.663. The summed E-state index contributed by atoms with van der Waals surface area (Å²) in [5.74, 6) is 0.306. The highest BCUT2D eigenvalue weighted by atomic mass is 19.1. The normalized spacial score (nSPS) is 15.1. The second-order valence-corrected chi connectivity index (χ2v) is 6.91. The van der Waals surface area contributed by atoms with Crippen molar-refractivity contribution in [2.75, 3.05) is 0 Å². The van der Waals surface area contributed by atoms with Crippen molar-refractivity contribution in [2.45, 2.75) is 12.5 Å². The minimum atomic E-state index is -0.286. The third-order valence-electron chi connectivity index (χ3n) is 5.14. The van der Waals surface area contributed by atoms with E-state index in [0.717, 1.165) is 28.7 Å². The van der Waals surface area contributed by atoms with Gasteiger partial charge in [0.1, 0.15) is 11.9 Å². The van der Waals surface area contributed by atoms with Crippen LogP contribution in [0.15, 0.2) is 91.0 Å². The number of aromatic nitrogens is 1. The highest BCUT2D eigenvalue weighted by molar-refractivity contribution is 5.76. The number of pyridine rings is 1. The van der Waals surface area contributed by atoms with Crippen LogP contribution < -0.4 is 4.74 Å². The number of fused-ring (bicyclic) bond motifs is 1. The molecule has 0 bridgehead atoms. The molecule has 1 atom stereocenters. The van der Waals surface area contributed by atoms with Gasteiger partial charge >= 0.3 is 0 Å². The Morgan fingerprint density at radius 3 is 2.21 bits per heavy atom. The molecule has 0 aliphatic carbocycles. The average Bonchev–Trinajstić information content (AvgIpc) is 3.19. The first kappa shape index (κ1) is 16.7. The maximum absolute atomic E-state index is 14.4. The third-order valence-corrected chi connectivity index (χ3v) is 5.14. The van der Waals surface area contributed by atoms with Gasteiger partial charge in [-0.25, -0.2) is 9.37 Å². The van der Waals surface area contributed by atoms with Crippen molar-refractivity contribution in [3.05, 3.63) is 108 Å². The molecule has 0 fully saturated rings. The minimum Gasteiger partial charge on any atom is -0.469 e. The Morgan fingerprint density at radius 1 is 0.786 bits per heavy atom. The molecule has 28 heavy (non-hydrogen) atoms. The fourth-order valence-electron chi connectivity index (χ4n) is 3.74. The Bertz CT molecular complexity index is 1130. The van der Waals surface area contributed by atoms with Gasteiger partial charge in [-0.15, -0.1) is 0 Å². The smallest absolute Gasteiger partial charge is 0.218 e. The predicted octanol–water partition coefficient (Wildman–Crippen LogP) is 6.23. The van der Waals surface area contributed by atoms with Gasteiger partial charge in [0.05, 0.1) is 5.69 Å². The molecule has 1 aliphatic heterocycles. The summed E-state index contributed by atoms with van der Waals surface area (Å²) in [5.41, 5.74) is 5.38. The average molecular weight is 367 g/mol. The van der Waals surface area contributed by atoms with Crippen LogP contribution in [0.3, 0.4) is 0 Å². The highest BCUT2D eigenvalue weighted by Crippen LogP contribution is 2.42. The van der Waals surface area contributed by atoms with E-state index in [0.29, 0.717) is 17.1 Å². The summed E-state index contributed by atoms with van der Waals surface area (Å²) in [7, 11) is 0. The first-order valence-electron chi connectivity index (χ1n) is 9.35. The van der Waals surface area contributed by atoms with Crippen LogP contribution in [0.2, 0.25) is 0 Å². The molecule has 0 spiro atoms. The van der Waals surface area contributed by atoms with Crippen molar-refractivity contribution < 1.29 is 9.13 Å². The molecule has 5 rings (SSSR count). The molecule has 3 aromatic carbocycles. The highest BCUT2D eigenvalue weighted by Gasteiger charge is 2.29. The van der Waals surface area contributed by atoms with Crippen molar-refractivity contribution in [1.82, 2.24) is 4.98 Å². The topological polar surface area (TPSA) is 22.1 Å². The van der Waals surface area contributed by atoms with Crippen molar-refractivity contribution in [3.63, 3.8) is 0 Å². The zero-order valence-corrected chi connectivity index (χ0v) is 15.2. The summed E-state index contributed by atoms with van der Waals surface area (Å²) in [4.78, 5) is 4.68. The second-order valence-electron chi connectivity index (χ2n) is 6.91. The van der Waals surface area contributed by atoms with Crippen molar-refractivity contribution >= 4 is 0 Å². The van der Waals surface area contributed by atoms with Crippen molar-refractivity contribution in [1.29, 1.82) is 0 Å². The molecule has 4 aromatic rings. The predicted molar refractivity (Wildman–Crippen MR) is 109 cm³/mol. The van der Waals surface area contributed by atoms with Crippen LogP contribution in [0.25, 0.3) is 22.4 Å². The van der Waals surface area contributed by atoms with E-state index in [1.807, 2.05) is 48.5 Å². The van der Waals surface area contributed by atoms with E-state index in [9.17, 15) is 4.39 Å². The van der Waals surface area contributed by atoms with E-state index < -0.39 is 0 Å². The van der Waals surface area contributed by atoms with Gasteiger partial charge in [-0.1, -0.05) is 72.8 Å². The summed E-state index contributed by atoms with van der Waals surface area (Å²) < 4.78 is 20.6. The Kier molecular flexibility index (Phi) is 4.13. The van der Waals surface area contributed by atoms with Crippen LogP contribution in [0.1, 0.15) is 17.2 Å². The minimum absolute atomic E-state index is 0.0815. The van der Waals surface area contributed by atoms with E-state index in [-0.39, 0.29) is 11.9 Å². The molecule has 0 saturated heterocycles. The Morgan fingerprint density at radius 2 is 1.46 bits per heavy atom. The van der Waals surface area contributed by atoms with Crippen LogP contribution in [0.4, 0.5) is 4.39 Å². The molecule has 3 heteroatoms. The molecule has 136 valence electrons. The Hall–Kier alpha value is -3.46. The van der Waals surface area contributed by atoms with E-state index >= 15 is 0 Å². The quantitative estimate of drug-likeness (QED) is 0.428. The van der Waals surface area contributed by atoms with Gasteiger partial charge in [-0.2, -0.15) is 0 Å². The van der Waals surface area contributed by atoms with Crippen LogP contribution in [-0.4, -0.2) is 4.98 Å². The molecule has 2 heterocycles. The molecular weight excluding hydrogens is 349 g/mol. The molecular formula is C25H18FNO. The number of rotatable bonds is 3. The lowest BCUT2D eigenvalue weighted by Crippen LogP contribution is -2.02. The Balaban J connectivity index is 1.66. The van der Waals surface area contributed by atoms with Gasteiger partial charge < -0.3 is 4.74 Å². The maximum atomic E-state index is 14.4. The van der Waals surface area contributed by atoms with Gasteiger partial charge in [0.15, 0.2) is 0 Å². The summed E-state index contributed by atoms with van der Waals surface area (Å²) in [5, 5.41) is 0. The molecule has 2 nitrogen and oxygen atoms in total. The summed E-state index contributed by atoms with van der Waals surface area (Å²) in [6, 6.07) is 29.0. The lowest BCUT2D eigenvalue weighted by Gasteiger charge is -2.11. The van der Waals surface area contributed by atoms with E-state index in [1.54, 1.807) is 12.1 Å². The van der Waals surface area contributed by atoms with Gasteiger partial charge in [0, 0.05) is 17.5 Å². The first-order chi connectivity index (χ1) is 13.8. The number of hydrogen-bond acceptors (Lipinski definition) is 2. The molecule has 1 aliphatic rings. The standard InChI is InChI=1S/C25H18FNO/c26-22-14-8-7-13-19(22)23-15-20(17-9-3-1-4-10-17)21-16-24(28-25(21)27-23)18-11-5-2-6-12-18/h1-15,24H,16H2. The van der Waals surface area contributed by atoms with Gasteiger partial charge in [-0.05, 0) is 34.9 Å². The number of hydrogen-bond donors (Lipinski definition) is 0. The van der Waals surface area contributed by atoms with Crippen LogP contribution >= 0.6 is 0 Å². The first-order valence-corrected chi connectivity index (χ1v) is 9.35. The van der Waals surface area contributed by atoms with E-state index in [4.69, 9.17) is 4.74 Å². The fourth-order valence-corrected chi connectivity index (χ4v) is 3.74. The van der Waals surface area contributed by atoms with Crippen LogP contribution in [0, 0.1) is 5.82 Å². The molecule has 0 saturated carbocycles. The van der Waals surface area contributed by atoms with E-state index in [1.165, 1.54) is 6.07 Å². The maximum Gasteiger partial charge on any atom is 0.218 e. The lowest BCUT2D eigenvalue weighted by atomic mass is 9.95. The fraction of sp³-hybridized carbons (Fsp3) is 0.0800. The van der Waals surface area contributed by atoms with Gasteiger partial charge in [-0.3, -0.25) is 0 Å². The summed E-state index contributed by atoms with van der Waals surface area (Å²) >= 11 is 0. The number of benzene rings is 3. The van der Waals surface area contributed by atoms with E-state index in [2.05, 4.69) is 29.2 Å². The molecule has 1 unspecified atom stereocenters. The lowest BCUT2D eigenvalue weighted by molar-refractivity contribution is 0.231. The molecule has 0 amide bonds. The largest absolute Gasteiger partial charge is 0.469 e. The second kappa shape index (κ2) is 6.93. The molecule has 0 N–H and O–H groups in total. The zero-order valence-electron chi connectivity index (χ0n) is 15.2. The number of halogens is 1. The molecule has 1 aromatic heterocycles. The van der Waals surface area contributed by atoms with Gasteiger partial charge in [0.25, 0.3) is 0 Å².